The predicted octanol–water partition coefficient (Wildman–Crippen LogP) is 2.94. The average molecular weight is 252 g/mol. The van der Waals surface area contributed by atoms with Crippen molar-refractivity contribution >= 4 is 0 Å². The van der Waals surface area contributed by atoms with Gasteiger partial charge in [-0.05, 0) is 18.3 Å². The Balaban J connectivity index is 1.90. The molecule has 0 N–H and O–H groups in total. The normalized spacial score (nSPS) is 35.4. The molecular formula is C15H24O3. The summed E-state index contributed by atoms with van der Waals surface area (Å²) in [6.45, 7) is 8.83. The van der Waals surface area contributed by atoms with Gasteiger partial charge in [0.05, 0.1) is 19.8 Å². The molecule has 0 unspecified atom stereocenters. The van der Waals surface area contributed by atoms with E-state index in [4.69, 9.17) is 20.6 Å². The van der Waals surface area contributed by atoms with Crippen molar-refractivity contribution in [2.45, 2.75) is 52.4 Å². The highest BCUT2D eigenvalue weighted by Gasteiger charge is 2.56. The van der Waals surface area contributed by atoms with E-state index in [1.807, 2.05) is 0 Å². The zero-order valence-corrected chi connectivity index (χ0v) is 11.8. The number of hydrogen-bond acceptors (Lipinski definition) is 3. The lowest BCUT2D eigenvalue weighted by Crippen LogP contribution is -2.64. The van der Waals surface area contributed by atoms with Crippen molar-refractivity contribution in [2.75, 3.05) is 19.8 Å². The van der Waals surface area contributed by atoms with Gasteiger partial charge >= 0.3 is 0 Å². The van der Waals surface area contributed by atoms with Gasteiger partial charge in [-0.2, -0.15) is 0 Å². The molecule has 0 amide bonds. The third kappa shape index (κ3) is 2.42. The Morgan fingerprint density at radius 1 is 1.06 bits per heavy atom. The molecule has 3 heterocycles. The summed E-state index contributed by atoms with van der Waals surface area (Å²) in [7, 11) is 0. The molecule has 0 aliphatic carbocycles. The Morgan fingerprint density at radius 2 is 1.61 bits per heavy atom. The second-order valence-corrected chi connectivity index (χ2v) is 6.49. The number of hydrogen-bond donors (Lipinski definition) is 0. The van der Waals surface area contributed by atoms with Gasteiger partial charge in [0, 0.05) is 18.3 Å². The summed E-state index contributed by atoms with van der Waals surface area (Å²) in [6.07, 6.45) is 8.80. The zero-order valence-electron chi connectivity index (χ0n) is 11.8. The van der Waals surface area contributed by atoms with E-state index in [1.54, 1.807) is 0 Å². The van der Waals surface area contributed by atoms with Crippen LogP contribution in [0.5, 0.6) is 0 Å². The third-order valence-electron chi connectivity index (χ3n) is 4.35. The van der Waals surface area contributed by atoms with Gasteiger partial charge in [0.1, 0.15) is 0 Å². The van der Waals surface area contributed by atoms with Gasteiger partial charge in [0.15, 0.2) is 0 Å². The van der Waals surface area contributed by atoms with Crippen molar-refractivity contribution in [3.05, 3.63) is 0 Å². The molecule has 0 radical (unpaired) electrons. The van der Waals surface area contributed by atoms with E-state index in [0.29, 0.717) is 0 Å². The van der Waals surface area contributed by atoms with E-state index in [9.17, 15) is 0 Å². The van der Waals surface area contributed by atoms with Gasteiger partial charge in [-0.25, -0.2) is 0 Å². The van der Waals surface area contributed by atoms with Crippen LogP contribution in [0.3, 0.4) is 0 Å². The molecule has 0 aromatic heterocycles. The van der Waals surface area contributed by atoms with E-state index >= 15 is 0 Å². The van der Waals surface area contributed by atoms with Crippen molar-refractivity contribution in [3.8, 4) is 12.3 Å². The molecule has 0 aromatic rings. The Morgan fingerprint density at radius 3 is 2.06 bits per heavy atom. The first-order valence-corrected chi connectivity index (χ1v) is 6.78. The molecule has 0 saturated carbocycles. The van der Waals surface area contributed by atoms with Gasteiger partial charge in [0.25, 0.3) is 5.97 Å². The molecule has 3 aliphatic heterocycles. The van der Waals surface area contributed by atoms with Crippen LogP contribution in [0.25, 0.3) is 0 Å². The van der Waals surface area contributed by atoms with Gasteiger partial charge in [-0.15, -0.1) is 12.3 Å². The summed E-state index contributed by atoms with van der Waals surface area (Å²) >= 11 is 0. The highest BCUT2D eigenvalue weighted by molar-refractivity contribution is 4.96. The maximum atomic E-state index is 5.88. The predicted molar refractivity (Wildman–Crippen MR) is 69.8 cm³/mol. The summed E-state index contributed by atoms with van der Waals surface area (Å²) in [5.41, 5.74) is 0.122. The van der Waals surface area contributed by atoms with Crippen molar-refractivity contribution in [1.29, 1.82) is 0 Å². The molecule has 0 atom stereocenters. The molecule has 2 bridgehead atoms. The van der Waals surface area contributed by atoms with Gasteiger partial charge in [-0.1, -0.05) is 20.8 Å². The van der Waals surface area contributed by atoms with Crippen LogP contribution < -0.4 is 0 Å². The molecule has 0 aromatic carbocycles. The fourth-order valence-electron chi connectivity index (χ4n) is 2.43. The maximum Gasteiger partial charge on any atom is 0.282 e. The van der Waals surface area contributed by atoms with Crippen LogP contribution in [-0.2, 0) is 14.2 Å². The van der Waals surface area contributed by atoms with Crippen LogP contribution >= 0.6 is 0 Å². The molecule has 3 aliphatic rings. The Bertz CT molecular complexity index is 310. The number of unbranched alkanes of at least 4 members (excludes halogenated alkanes) is 2. The number of ether oxygens (including phenoxy) is 3. The second-order valence-electron chi connectivity index (χ2n) is 6.49. The SMILES string of the molecule is C#CCCCCC12OCC(C(C)(C)C)(CO1)CO2. The third-order valence-corrected chi connectivity index (χ3v) is 4.35. The summed E-state index contributed by atoms with van der Waals surface area (Å²) in [5.74, 6) is 1.86. The molecular weight excluding hydrogens is 228 g/mol. The fraction of sp³-hybridized carbons (Fsp3) is 0.867. The number of terminal acetylenes is 1. The van der Waals surface area contributed by atoms with Crippen LogP contribution in [0.1, 0.15) is 46.5 Å². The maximum absolute atomic E-state index is 5.88. The second kappa shape index (κ2) is 4.85. The molecule has 3 rings (SSSR count). The van der Waals surface area contributed by atoms with E-state index < -0.39 is 5.97 Å². The molecule has 102 valence electrons. The summed E-state index contributed by atoms with van der Waals surface area (Å²) in [6, 6.07) is 0. The highest BCUT2D eigenvalue weighted by Crippen LogP contribution is 2.49. The van der Waals surface area contributed by atoms with Crippen molar-refractivity contribution < 1.29 is 14.2 Å². The van der Waals surface area contributed by atoms with Crippen LogP contribution in [0.4, 0.5) is 0 Å². The minimum atomic E-state index is -0.790. The monoisotopic (exact) mass is 252 g/mol. The van der Waals surface area contributed by atoms with Crippen molar-refractivity contribution in [2.24, 2.45) is 10.8 Å². The molecule has 3 heteroatoms. The Hall–Kier alpha value is -0.560. The van der Waals surface area contributed by atoms with Crippen LogP contribution in [0, 0.1) is 23.2 Å². The smallest absolute Gasteiger partial charge is 0.282 e. The first kappa shape index (κ1) is 13.9. The standard InChI is InChI=1S/C15H24O3/c1-5-6-7-8-9-15-16-10-14(11-17-15,12-18-15)13(2,3)4/h1H,6-12H2,2-4H3. The van der Waals surface area contributed by atoms with E-state index in [-0.39, 0.29) is 10.8 Å². The quantitative estimate of drug-likeness (QED) is 0.569. The van der Waals surface area contributed by atoms with Crippen molar-refractivity contribution in [1.82, 2.24) is 0 Å². The zero-order chi connectivity index (χ0) is 13.3. The van der Waals surface area contributed by atoms with Crippen LogP contribution in [0.2, 0.25) is 0 Å². The van der Waals surface area contributed by atoms with E-state index in [0.717, 1.165) is 45.5 Å². The first-order valence-electron chi connectivity index (χ1n) is 6.78. The minimum Gasteiger partial charge on any atom is -0.327 e. The van der Waals surface area contributed by atoms with Gasteiger partial charge < -0.3 is 14.2 Å². The number of fused-ring (bicyclic) bond motifs is 3. The minimum absolute atomic E-state index is 0.00638. The lowest BCUT2D eigenvalue weighted by Gasteiger charge is -2.57. The lowest BCUT2D eigenvalue weighted by atomic mass is 9.67. The van der Waals surface area contributed by atoms with E-state index in [1.165, 1.54) is 0 Å². The largest absolute Gasteiger partial charge is 0.327 e. The van der Waals surface area contributed by atoms with Crippen LogP contribution in [0.15, 0.2) is 0 Å². The molecule has 3 fully saturated rings. The number of rotatable bonds is 4. The Kier molecular flexibility index (Phi) is 3.73. The first-order chi connectivity index (χ1) is 8.43. The van der Waals surface area contributed by atoms with E-state index in [2.05, 4.69) is 26.7 Å². The van der Waals surface area contributed by atoms with Crippen LogP contribution in [-0.4, -0.2) is 25.8 Å². The molecule has 3 nitrogen and oxygen atoms in total. The topological polar surface area (TPSA) is 27.7 Å². The highest BCUT2D eigenvalue weighted by atomic mass is 16.9. The van der Waals surface area contributed by atoms with Crippen molar-refractivity contribution in [3.63, 3.8) is 0 Å². The van der Waals surface area contributed by atoms with Gasteiger partial charge in [0.2, 0.25) is 0 Å². The summed E-state index contributed by atoms with van der Waals surface area (Å²) in [5, 5.41) is 0. The lowest BCUT2D eigenvalue weighted by molar-refractivity contribution is -0.480. The molecule has 3 saturated heterocycles. The molecule has 18 heavy (non-hydrogen) atoms. The molecule has 0 spiro atoms. The Labute approximate surface area is 110 Å². The summed E-state index contributed by atoms with van der Waals surface area (Å²) < 4.78 is 17.6. The summed E-state index contributed by atoms with van der Waals surface area (Å²) in [4.78, 5) is 0. The van der Waals surface area contributed by atoms with Gasteiger partial charge in [-0.3, -0.25) is 0 Å². The fourth-order valence-corrected chi connectivity index (χ4v) is 2.43. The average Bonchev–Trinajstić information content (AvgIpc) is 2.36.